The molecule has 2 heterocycles. The van der Waals surface area contributed by atoms with Crippen molar-refractivity contribution in [1.29, 1.82) is 0 Å². The van der Waals surface area contributed by atoms with E-state index in [1.165, 1.54) is 10.6 Å². The van der Waals surface area contributed by atoms with Gasteiger partial charge in [0, 0.05) is 28.2 Å². The normalized spacial score (nSPS) is 17.8. The predicted octanol–water partition coefficient (Wildman–Crippen LogP) is 3.91. The second-order valence-electron chi connectivity index (χ2n) is 8.63. The van der Waals surface area contributed by atoms with E-state index in [0.29, 0.717) is 34.5 Å². The van der Waals surface area contributed by atoms with E-state index in [1.807, 2.05) is 13.0 Å². The quantitative estimate of drug-likeness (QED) is 0.524. The number of carbonyl (C=O) groups is 1. The van der Waals surface area contributed by atoms with Crippen molar-refractivity contribution >= 4 is 33.2 Å². The molecule has 10 heteroatoms. The fraction of sp³-hybridized carbons (Fsp3) is 0.348. The van der Waals surface area contributed by atoms with Gasteiger partial charge in [-0.2, -0.15) is 0 Å². The zero-order chi connectivity index (χ0) is 23.3. The highest BCUT2D eigenvalue weighted by atomic mass is 35.5. The molecule has 0 bridgehead atoms. The van der Waals surface area contributed by atoms with Gasteiger partial charge in [0.15, 0.2) is 0 Å². The maximum atomic E-state index is 13.4. The van der Waals surface area contributed by atoms with Crippen molar-refractivity contribution in [3.05, 3.63) is 64.5 Å². The van der Waals surface area contributed by atoms with Crippen LogP contribution in [0.5, 0.6) is 0 Å². The number of fused-ring (bicyclic) bond motifs is 1. The van der Waals surface area contributed by atoms with Gasteiger partial charge in [0.25, 0.3) is 5.91 Å². The van der Waals surface area contributed by atoms with Gasteiger partial charge < -0.3 is 9.32 Å². The van der Waals surface area contributed by atoms with Crippen LogP contribution >= 0.6 is 11.6 Å². The predicted molar refractivity (Wildman–Crippen MR) is 125 cm³/mol. The maximum absolute atomic E-state index is 13.4. The fourth-order valence-electron chi connectivity index (χ4n) is 4.33. The average molecular weight is 487 g/mol. The van der Waals surface area contributed by atoms with Gasteiger partial charge in [0.1, 0.15) is 0 Å². The van der Waals surface area contributed by atoms with E-state index >= 15 is 0 Å². The molecule has 1 aromatic heterocycles. The molecule has 0 unspecified atom stereocenters. The van der Waals surface area contributed by atoms with Gasteiger partial charge in [0.05, 0.1) is 18.5 Å². The lowest BCUT2D eigenvalue weighted by Crippen LogP contribution is -2.34. The van der Waals surface area contributed by atoms with E-state index in [0.717, 1.165) is 24.0 Å². The lowest BCUT2D eigenvalue weighted by atomic mass is 10.1. The molecule has 2 aromatic carbocycles. The van der Waals surface area contributed by atoms with Gasteiger partial charge in [-0.3, -0.25) is 9.10 Å². The average Bonchev–Trinajstić information content (AvgIpc) is 3.39. The smallest absolute Gasteiger partial charge is 0.254 e. The molecule has 1 saturated carbocycles. The number of aromatic nitrogens is 2. The molecule has 5 rings (SSSR count). The van der Waals surface area contributed by atoms with E-state index in [2.05, 4.69) is 10.2 Å². The number of amides is 1. The van der Waals surface area contributed by atoms with Gasteiger partial charge in [-0.25, -0.2) is 8.42 Å². The number of benzene rings is 2. The largest absolute Gasteiger partial charge is 0.419 e. The summed E-state index contributed by atoms with van der Waals surface area (Å²) >= 11 is 5.94. The Morgan fingerprint density at radius 2 is 1.91 bits per heavy atom. The molecule has 8 nitrogen and oxygen atoms in total. The Kier molecular flexibility index (Phi) is 5.41. The van der Waals surface area contributed by atoms with Crippen molar-refractivity contribution < 1.29 is 17.6 Å². The molecule has 0 spiro atoms. The zero-order valence-electron chi connectivity index (χ0n) is 18.2. The Balaban J connectivity index is 1.38. The highest BCUT2D eigenvalue weighted by Crippen LogP contribution is 2.36. The molecule has 1 aliphatic carbocycles. The molecule has 1 amide bonds. The van der Waals surface area contributed by atoms with Crippen molar-refractivity contribution in [3.63, 3.8) is 0 Å². The number of rotatable bonds is 6. The third-order valence-corrected chi connectivity index (χ3v) is 7.47. The third-order valence-electron chi connectivity index (χ3n) is 5.95. The molecule has 33 heavy (non-hydrogen) atoms. The van der Waals surface area contributed by atoms with Crippen LogP contribution in [0.25, 0.3) is 11.5 Å². The minimum absolute atomic E-state index is 0.128. The Hall–Kier alpha value is -2.91. The Morgan fingerprint density at radius 3 is 2.58 bits per heavy atom. The van der Waals surface area contributed by atoms with Crippen LogP contribution in [0.2, 0.25) is 5.02 Å². The lowest BCUT2D eigenvalue weighted by molar-refractivity contribution is 0.0714. The second kappa shape index (κ2) is 8.14. The summed E-state index contributed by atoms with van der Waals surface area (Å²) in [6.07, 6.45) is 3.62. The SMILES string of the molecule is C[C@H]1Cc2cc(C(=O)N(Cc3nnc(-c4ccc(Cl)cc4)o3)C3CC3)ccc2N1S(C)(=O)=O. The molecule has 1 atom stereocenters. The van der Waals surface area contributed by atoms with Gasteiger partial charge in [-0.15, -0.1) is 10.2 Å². The Bertz CT molecular complexity index is 1320. The summed E-state index contributed by atoms with van der Waals surface area (Å²) in [5.74, 6) is 0.604. The van der Waals surface area contributed by atoms with Crippen molar-refractivity contribution in [2.45, 2.75) is 44.8 Å². The highest BCUT2D eigenvalue weighted by Gasteiger charge is 2.36. The van der Waals surface area contributed by atoms with Crippen LogP contribution in [0.4, 0.5) is 5.69 Å². The van der Waals surface area contributed by atoms with Gasteiger partial charge >= 0.3 is 0 Å². The Labute approximate surface area is 197 Å². The molecule has 3 aromatic rings. The zero-order valence-corrected chi connectivity index (χ0v) is 19.8. The highest BCUT2D eigenvalue weighted by molar-refractivity contribution is 7.92. The summed E-state index contributed by atoms with van der Waals surface area (Å²) in [5, 5.41) is 8.85. The van der Waals surface area contributed by atoms with Crippen LogP contribution in [-0.4, -0.2) is 47.8 Å². The van der Waals surface area contributed by atoms with Crippen molar-refractivity contribution in [1.82, 2.24) is 15.1 Å². The molecule has 0 radical (unpaired) electrons. The second-order valence-corrected chi connectivity index (χ2v) is 10.9. The summed E-state index contributed by atoms with van der Waals surface area (Å²) in [6, 6.07) is 12.3. The molecule has 0 saturated heterocycles. The summed E-state index contributed by atoms with van der Waals surface area (Å²) in [5.41, 5.74) is 2.78. The Morgan fingerprint density at radius 1 is 1.18 bits per heavy atom. The summed E-state index contributed by atoms with van der Waals surface area (Å²) < 4.78 is 31.6. The molecule has 1 aliphatic heterocycles. The standard InChI is InChI=1S/C23H23ClN4O4S/c1-14-11-17-12-16(5-10-20(17)28(14)33(2,30)31)23(29)27(19-8-9-19)13-21-25-26-22(32-21)15-3-6-18(24)7-4-15/h3-7,10,12,14,19H,8-9,11,13H2,1-2H3/t14-/m0/s1. The van der Waals surface area contributed by atoms with Crippen LogP contribution in [0.3, 0.4) is 0 Å². The van der Waals surface area contributed by atoms with E-state index in [9.17, 15) is 13.2 Å². The lowest BCUT2D eigenvalue weighted by Gasteiger charge is -2.23. The van der Waals surface area contributed by atoms with Gasteiger partial charge in [-0.05, 0) is 74.2 Å². The first-order valence-electron chi connectivity index (χ1n) is 10.7. The first-order chi connectivity index (χ1) is 15.7. The van der Waals surface area contributed by atoms with Crippen LogP contribution in [0.1, 0.15) is 41.6 Å². The van der Waals surface area contributed by atoms with E-state index in [1.54, 1.807) is 41.3 Å². The monoisotopic (exact) mass is 486 g/mol. The van der Waals surface area contributed by atoms with Crippen molar-refractivity contribution in [2.24, 2.45) is 0 Å². The minimum atomic E-state index is -3.38. The van der Waals surface area contributed by atoms with Crippen LogP contribution in [0, 0.1) is 0 Å². The molecule has 0 N–H and O–H groups in total. The number of hydrogen-bond donors (Lipinski definition) is 0. The number of anilines is 1. The first kappa shape index (κ1) is 21.9. The van der Waals surface area contributed by atoms with Gasteiger partial charge in [0.2, 0.25) is 21.8 Å². The summed E-state index contributed by atoms with van der Waals surface area (Å²) in [7, 11) is -3.38. The molecule has 2 aliphatic rings. The number of hydrogen-bond acceptors (Lipinski definition) is 6. The number of nitrogens with zero attached hydrogens (tertiary/aromatic N) is 4. The van der Waals surface area contributed by atoms with Crippen LogP contribution in [0.15, 0.2) is 46.9 Å². The van der Waals surface area contributed by atoms with Crippen LogP contribution in [-0.2, 0) is 23.0 Å². The van der Waals surface area contributed by atoms with E-state index in [4.69, 9.17) is 16.0 Å². The van der Waals surface area contributed by atoms with E-state index < -0.39 is 10.0 Å². The van der Waals surface area contributed by atoms with Crippen molar-refractivity contribution in [2.75, 3.05) is 10.6 Å². The number of sulfonamides is 1. The minimum Gasteiger partial charge on any atom is -0.419 e. The maximum Gasteiger partial charge on any atom is 0.254 e. The van der Waals surface area contributed by atoms with Crippen molar-refractivity contribution in [3.8, 4) is 11.5 Å². The summed E-state index contributed by atoms with van der Waals surface area (Å²) in [6.45, 7) is 2.08. The number of halogens is 1. The summed E-state index contributed by atoms with van der Waals surface area (Å²) in [4.78, 5) is 15.2. The topological polar surface area (TPSA) is 96.6 Å². The third kappa shape index (κ3) is 4.35. The van der Waals surface area contributed by atoms with E-state index in [-0.39, 0.29) is 24.5 Å². The van der Waals surface area contributed by atoms with Gasteiger partial charge in [-0.1, -0.05) is 11.6 Å². The molecule has 172 valence electrons. The molecular formula is C23H23ClN4O4S. The fourth-order valence-corrected chi connectivity index (χ4v) is 5.72. The van der Waals surface area contributed by atoms with Crippen LogP contribution < -0.4 is 4.31 Å². The first-order valence-corrected chi connectivity index (χ1v) is 12.9. The number of carbonyl (C=O) groups excluding carboxylic acids is 1. The molecule has 1 fully saturated rings. The molecular weight excluding hydrogens is 464 g/mol.